The minimum Gasteiger partial charge on any atom is -0.290 e. The van der Waals surface area contributed by atoms with Crippen molar-refractivity contribution in [1.29, 1.82) is 0 Å². The van der Waals surface area contributed by atoms with Crippen LogP contribution in [0.4, 0.5) is 10.3 Å². The Hall–Kier alpha value is -4.40. The second kappa shape index (κ2) is 8.75. The van der Waals surface area contributed by atoms with Crippen molar-refractivity contribution in [3.05, 3.63) is 94.2 Å². The van der Waals surface area contributed by atoms with E-state index in [2.05, 4.69) is 15.0 Å². The molecular weight excluding hydrogens is 445 g/mol. The maximum absolute atomic E-state index is 13.6. The molecule has 1 atom stereocenters. The number of nitrogens with one attached hydrogen (secondary N) is 1. The average Bonchev–Trinajstić information content (AvgIpc) is 3.18. The molecule has 0 bridgehead atoms. The molecule has 3 N–H and O–H groups in total. The Morgan fingerprint density at radius 1 is 1.06 bits per heavy atom. The van der Waals surface area contributed by atoms with Crippen LogP contribution in [0.2, 0.25) is 0 Å². The molecule has 0 aliphatic carbocycles. The van der Waals surface area contributed by atoms with Gasteiger partial charge < -0.3 is 0 Å². The third-order valence-electron chi connectivity index (χ3n) is 5.98. The number of anilines is 1. The molecule has 0 aliphatic heterocycles. The van der Waals surface area contributed by atoms with E-state index in [1.165, 1.54) is 15.1 Å². The van der Waals surface area contributed by atoms with Gasteiger partial charge in [0.05, 0.1) is 17.5 Å². The summed E-state index contributed by atoms with van der Waals surface area (Å²) < 4.78 is 16.2. The molecule has 0 saturated carbocycles. The molecule has 1 unspecified atom stereocenters. The van der Waals surface area contributed by atoms with Crippen molar-refractivity contribution >= 4 is 11.6 Å². The van der Waals surface area contributed by atoms with Crippen molar-refractivity contribution in [2.75, 3.05) is 5.73 Å². The summed E-state index contributed by atoms with van der Waals surface area (Å²) >= 11 is 0. The molecule has 8 nitrogen and oxygen atoms in total. The zero-order valence-corrected chi connectivity index (χ0v) is 19.7. The first-order valence-electron chi connectivity index (χ1n) is 11.4. The summed E-state index contributed by atoms with van der Waals surface area (Å²) in [5.74, 6) is -0.286. The quantitative estimate of drug-likeness (QED) is 0.421. The van der Waals surface area contributed by atoms with Gasteiger partial charge in [0.15, 0.2) is 0 Å². The van der Waals surface area contributed by atoms with Crippen LogP contribution in [-0.4, -0.2) is 24.1 Å². The third kappa shape index (κ3) is 3.95. The number of aryl methyl sites for hydroxylation is 2. The number of nitrogens with two attached hydrogens (primary N) is 1. The molecule has 5 aromatic rings. The van der Waals surface area contributed by atoms with Crippen molar-refractivity contribution in [2.24, 2.45) is 0 Å². The molecule has 176 valence electrons. The van der Waals surface area contributed by atoms with Crippen LogP contribution in [0.3, 0.4) is 0 Å². The van der Waals surface area contributed by atoms with Crippen molar-refractivity contribution in [3.63, 3.8) is 0 Å². The number of aromatic amines is 1. The SMILES string of the molecule is CCC(c1ccc(F)cn1)n1nc2c(-c3cc(C)nc(C)c3)c(-c3ccccc3)[nH+]c(N)n2c1=O. The molecule has 0 amide bonds. The molecule has 0 spiro atoms. The highest BCUT2D eigenvalue weighted by Gasteiger charge is 2.28. The van der Waals surface area contributed by atoms with Gasteiger partial charge in [0.25, 0.3) is 0 Å². The number of benzene rings is 1. The summed E-state index contributed by atoms with van der Waals surface area (Å²) in [6, 6.07) is 16.1. The summed E-state index contributed by atoms with van der Waals surface area (Å²) in [6.45, 7) is 5.78. The highest BCUT2D eigenvalue weighted by Crippen LogP contribution is 2.33. The van der Waals surface area contributed by atoms with Gasteiger partial charge in [-0.1, -0.05) is 37.3 Å². The van der Waals surface area contributed by atoms with E-state index >= 15 is 0 Å². The third-order valence-corrected chi connectivity index (χ3v) is 5.98. The molecular formula is C26H25FN7O+. The normalized spacial score (nSPS) is 12.2. The number of aromatic nitrogens is 6. The Bertz CT molecular complexity index is 1570. The summed E-state index contributed by atoms with van der Waals surface area (Å²) in [7, 11) is 0. The van der Waals surface area contributed by atoms with Crippen LogP contribution in [0.25, 0.3) is 28.0 Å². The van der Waals surface area contributed by atoms with Gasteiger partial charge in [-0.25, -0.2) is 14.2 Å². The smallest absolute Gasteiger partial charge is 0.290 e. The standard InChI is InChI=1S/C26H24FN7O/c1-4-21(20-11-10-19(27)14-29-20)34-26(35)33-24(32-34)22(18-12-15(2)30-16(3)13-18)23(31-25(33)28)17-8-6-5-7-9-17/h5-14,21H,4H2,1-3H3,(H2,28,31)/p+1. The minimum atomic E-state index is -0.490. The number of H-pyrrole nitrogens is 1. The molecule has 0 aliphatic rings. The first kappa shape index (κ1) is 22.4. The lowest BCUT2D eigenvalue weighted by molar-refractivity contribution is -0.351. The zero-order chi connectivity index (χ0) is 24.7. The number of halogens is 1. The Labute approximate surface area is 200 Å². The van der Waals surface area contributed by atoms with Crippen LogP contribution in [-0.2, 0) is 0 Å². The minimum absolute atomic E-state index is 0.156. The van der Waals surface area contributed by atoms with Crippen molar-refractivity contribution in [3.8, 4) is 22.4 Å². The summed E-state index contributed by atoms with van der Waals surface area (Å²) in [6.07, 6.45) is 1.67. The Morgan fingerprint density at radius 2 is 1.77 bits per heavy atom. The van der Waals surface area contributed by atoms with Crippen LogP contribution in [0, 0.1) is 19.7 Å². The number of rotatable bonds is 5. The lowest BCUT2D eigenvalue weighted by Crippen LogP contribution is -2.30. The van der Waals surface area contributed by atoms with Crippen LogP contribution >= 0.6 is 0 Å². The highest BCUT2D eigenvalue weighted by molar-refractivity contribution is 5.88. The van der Waals surface area contributed by atoms with Crippen LogP contribution < -0.4 is 16.4 Å². The van der Waals surface area contributed by atoms with Gasteiger partial charge in [0, 0.05) is 17.0 Å². The molecule has 0 fully saturated rings. The summed E-state index contributed by atoms with van der Waals surface area (Å²) in [5.41, 5.74) is 11.9. The Balaban J connectivity index is 1.85. The number of hydrogen-bond donors (Lipinski definition) is 1. The largest absolute Gasteiger partial charge is 0.412 e. The molecule has 4 heterocycles. The molecule has 0 radical (unpaired) electrons. The van der Waals surface area contributed by atoms with Gasteiger partial charge >= 0.3 is 11.6 Å². The van der Waals surface area contributed by atoms with Gasteiger partial charge in [-0.15, -0.1) is 9.50 Å². The second-order valence-corrected chi connectivity index (χ2v) is 8.48. The zero-order valence-electron chi connectivity index (χ0n) is 19.7. The molecule has 35 heavy (non-hydrogen) atoms. The van der Waals surface area contributed by atoms with E-state index < -0.39 is 17.5 Å². The van der Waals surface area contributed by atoms with Gasteiger partial charge in [-0.05, 0) is 50.1 Å². The topological polar surface area (TPSA) is 105 Å². The summed E-state index contributed by atoms with van der Waals surface area (Å²) in [5, 5.41) is 4.78. The number of pyridine rings is 2. The molecule has 9 heteroatoms. The van der Waals surface area contributed by atoms with E-state index in [9.17, 15) is 9.18 Å². The maximum Gasteiger partial charge on any atom is 0.412 e. The second-order valence-electron chi connectivity index (χ2n) is 8.48. The van der Waals surface area contributed by atoms with E-state index in [0.29, 0.717) is 17.8 Å². The van der Waals surface area contributed by atoms with E-state index in [1.54, 1.807) is 6.07 Å². The fraction of sp³-hybridized carbons (Fsp3) is 0.192. The van der Waals surface area contributed by atoms with Gasteiger partial charge in [-0.3, -0.25) is 15.7 Å². The van der Waals surface area contributed by atoms with Crippen molar-refractivity contribution in [1.82, 2.24) is 24.1 Å². The van der Waals surface area contributed by atoms with Crippen LogP contribution in [0.1, 0.15) is 36.5 Å². The molecule has 1 aromatic carbocycles. The highest BCUT2D eigenvalue weighted by atomic mass is 19.1. The van der Waals surface area contributed by atoms with E-state index in [0.717, 1.165) is 40.0 Å². The molecule has 4 aromatic heterocycles. The summed E-state index contributed by atoms with van der Waals surface area (Å²) in [4.78, 5) is 25.5. The van der Waals surface area contributed by atoms with E-state index in [4.69, 9.17) is 10.8 Å². The molecule has 0 saturated heterocycles. The predicted molar refractivity (Wildman–Crippen MR) is 131 cm³/mol. The van der Waals surface area contributed by atoms with Crippen molar-refractivity contribution < 1.29 is 9.37 Å². The van der Waals surface area contributed by atoms with Gasteiger partial charge in [0.1, 0.15) is 17.6 Å². The van der Waals surface area contributed by atoms with Crippen molar-refractivity contribution in [2.45, 2.75) is 33.2 Å². The fourth-order valence-corrected chi connectivity index (χ4v) is 4.49. The number of fused-ring (bicyclic) bond motifs is 1. The monoisotopic (exact) mass is 470 g/mol. The number of nitrogen functional groups attached to an aromatic ring is 1. The first-order valence-corrected chi connectivity index (χ1v) is 11.4. The van der Waals surface area contributed by atoms with E-state index in [1.807, 2.05) is 63.2 Å². The van der Waals surface area contributed by atoms with Crippen LogP contribution in [0.15, 0.2) is 65.6 Å². The fourth-order valence-electron chi connectivity index (χ4n) is 4.49. The number of hydrogen-bond acceptors (Lipinski definition) is 5. The average molecular weight is 471 g/mol. The number of nitrogens with zero attached hydrogens (tertiary/aromatic N) is 5. The van der Waals surface area contributed by atoms with E-state index in [-0.39, 0.29) is 5.95 Å². The van der Waals surface area contributed by atoms with Gasteiger partial charge in [-0.2, -0.15) is 4.68 Å². The Kier molecular flexibility index (Phi) is 5.60. The lowest BCUT2D eigenvalue weighted by Gasteiger charge is -2.12. The van der Waals surface area contributed by atoms with Crippen LogP contribution in [0.5, 0.6) is 0 Å². The maximum atomic E-state index is 13.6. The predicted octanol–water partition coefficient (Wildman–Crippen LogP) is 3.77. The van der Waals surface area contributed by atoms with Gasteiger partial charge in [0.2, 0.25) is 5.65 Å². The first-order chi connectivity index (χ1) is 16.9. The Morgan fingerprint density at radius 3 is 2.40 bits per heavy atom. The molecule has 5 rings (SSSR count). The lowest BCUT2D eigenvalue weighted by atomic mass is 9.99.